The molecule has 0 saturated carbocycles. The molecule has 0 aliphatic carbocycles. The van der Waals surface area contributed by atoms with Crippen LogP contribution in [-0.4, -0.2) is 58.2 Å². The van der Waals surface area contributed by atoms with E-state index in [-0.39, 0.29) is 44.2 Å². The Morgan fingerprint density at radius 2 is 1.93 bits per heavy atom. The van der Waals surface area contributed by atoms with E-state index in [2.05, 4.69) is 5.32 Å². The van der Waals surface area contributed by atoms with Gasteiger partial charge in [0.15, 0.2) is 18.0 Å². The van der Waals surface area contributed by atoms with E-state index in [0.717, 1.165) is 0 Å². The largest absolute Gasteiger partial charge is 0.484 e. The first-order valence-electron chi connectivity index (χ1n) is 8.69. The van der Waals surface area contributed by atoms with Crippen molar-refractivity contribution in [2.45, 2.75) is 18.4 Å². The van der Waals surface area contributed by atoms with Crippen LogP contribution in [0.4, 0.5) is 5.69 Å². The van der Waals surface area contributed by atoms with Crippen molar-refractivity contribution in [1.29, 1.82) is 0 Å². The first-order chi connectivity index (χ1) is 13.4. The number of furan rings is 1. The summed E-state index contributed by atoms with van der Waals surface area (Å²) in [6.45, 7) is 0.0511. The number of piperidine rings is 1. The fourth-order valence-corrected chi connectivity index (χ4v) is 2.84. The van der Waals surface area contributed by atoms with E-state index in [1.807, 2.05) is 0 Å². The number of aliphatic hydroxyl groups is 1. The molecule has 1 saturated heterocycles. The lowest BCUT2D eigenvalue weighted by molar-refractivity contribution is -0.165. The predicted molar refractivity (Wildman–Crippen MR) is 97.0 cm³/mol. The number of carbonyl (C=O) groups excluding carboxylic acids is 2. The highest BCUT2D eigenvalue weighted by Crippen LogP contribution is 2.23. The van der Waals surface area contributed by atoms with E-state index in [0.29, 0.717) is 11.4 Å². The number of anilines is 1. The van der Waals surface area contributed by atoms with E-state index < -0.39 is 17.5 Å². The number of aliphatic carboxylic acids is 1. The summed E-state index contributed by atoms with van der Waals surface area (Å²) in [6, 6.07) is 9.72. The Hall–Kier alpha value is -3.33. The average molecular weight is 388 g/mol. The summed E-state index contributed by atoms with van der Waals surface area (Å²) in [4.78, 5) is 36.7. The second kappa shape index (κ2) is 8.13. The van der Waals surface area contributed by atoms with Crippen molar-refractivity contribution in [1.82, 2.24) is 4.90 Å². The molecular weight excluding hydrogens is 368 g/mol. The molecule has 0 radical (unpaired) electrons. The lowest BCUT2D eigenvalue weighted by atomic mass is 9.92. The molecule has 2 amide bonds. The highest BCUT2D eigenvalue weighted by Gasteiger charge is 2.40. The van der Waals surface area contributed by atoms with Crippen molar-refractivity contribution in [3.05, 3.63) is 48.4 Å². The first kappa shape index (κ1) is 19.4. The number of amides is 2. The number of nitrogens with one attached hydrogen (secondary N) is 1. The molecule has 0 spiro atoms. The Labute approximate surface area is 160 Å². The molecule has 0 unspecified atom stereocenters. The van der Waals surface area contributed by atoms with E-state index >= 15 is 0 Å². The molecule has 1 aromatic heterocycles. The minimum Gasteiger partial charge on any atom is -0.484 e. The lowest BCUT2D eigenvalue weighted by Crippen LogP contribution is -2.51. The zero-order valence-electron chi connectivity index (χ0n) is 15.0. The third-order valence-electron chi connectivity index (χ3n) is 4.54. The van der Waals surface area contributed by atoms with Crippen molar-refractivity contribution >= 4 is 23.5 Å². The van der Waals surface area contributed by atoms with Crippen LogP contribution < -0.4 is 10.1 Å². The molecule has 1 aliphatic heterocycles. The molecule has 1 fully saturated rings. The van der Waals surface area contributed by atoms with Gasteiger partial charge < -0.3 is 29.6 Å². The Morgan fingerprint density at radius 1 is 1.18 bits per heavy atom. The predicted octanol–water partition coefficient (Wildman–Crippen LogP) is 1.35. The van der Waals surface area contributed by atoms with Gasteiger partial charge in [0.2, 0.25) is 0 Å². The van der Waals surface area contributed by atoms with Gasteiger partial charge in [-0.3, -0.25) is 9.59 Å². The number of hydrogen-bond acceptors (Lipinski definition) is 6. The summed E-state index contributed by atoms with van der Waals surface area (Å²) in [5.41, 5.74) is -1.30. The van der Waals surface area contributed by atoms with Gasteiger partial charge in [-0.1, -0.05) is 6.07 Å². The van der Waals surface area contributed by atoms with Gasteiger partial charge in [-0.25, -0.2) is 4.79 Å². The monoisotopic (exact) mass is 388 g/mol. The van der Waals surface area contributed by atoms with Crippen LogP contribution in [0.1, 0.15) is 23.4 Å². The minimum atomic E-state index is -1.78. The third-order valence-corrected chi connectivity index (χ3v) is 4.54. The van der Waals surface area contributed by atoms with Gasteiger partial charge in [-0.2, -0.15) is 0 Å². The van der Waals surface area contributed by atoms with E-state index in [9.17, 15) is 19.5 Å². The van der Waals surface area contributed by atoms with Crippen LogP contribution in [0, 0.1) is 0 Å². The number of rotatable bonds is 6. The Bertz CT molecular complexity index is 855. The van der Waals surface area contributed by atoms with Crippen LogP contribution in [0.5, 0.6) is 5.75 Å². The highest BCUT2D eigenvalue weighted by molar-refractivity contribution is 6.02. The molecule has 1 aliphatic rings. The molecule has 2 heterocycles. The van der Waals surface area contributed by atoms with Crippen molar-refractivity contribution < 1.29 is 33.8 Å². The maximum atomic E-state index is 12.3. The highest BCUT2D eigenvalue weighted by atomic mass is 16.5. The zero-order chi connectivity index (χ0) is 20.1. The maximum absolute atomic E-state index is 12.3. The van der Waals surface area contributed by atoms with E-state index in [4.69, 9.17) is 14.3 Å². The number of ether oxygens (including phenoxy) is 1. The van der Waals surface area contributed by atoms with Gasteiger partial charge in [0.05, 0.1) is 6.26 Å². The number of carboxylic acids is 1. The lowest BCUT2D eigenvalue weighted by Gasteiger charge is -2.35. The Kier molecular flexibility index (Phi) is 5.65. The summed E-state index contributed by atoms with van der Waals surface area (Å²) < 4.78 is 10.5. The molecule has 0 bridgehead atoms. The molecule has 1 aromatic carbocycles. The summed E-state index contributed by atoms with van der Waals surface area (Å²) in [5.74, 6) is -1.42. The molecule has 3 rings (SSSR count). The molecular formula is C19H20N2O7. The van der Waals surface area contributed by atoms with Gasteiger partial charge in [0.25, 0.3) is 11.8 Å². The van der Waals surface area contributed by atoms with Crippen LogP contribution >= 0.6 is 0 Å². The van der Waals surface area contributed by atoms with Crippen molar-refractivity contribution in [2.24, 2.45) is 0 Å². The molecule has 28 heavy (non-hydrogen) atoms. The molecule has 9 nitrogen and oxygen atoms in total. The average Bonchev–Trinajstić information content (AvgIpc) is 3.22. The standard InChI is InChI=1S/C19H20N2O7/c22-16(21-8-6-19(26,7-9-21)18(24)25)12-28-14-4-1-3-13(11-14)20-17(23)15-5-2-10-27-15/h1-5,10-11,26H,6-9,12H2,(H,20,23)(H,24,25). The Morgan fingerprint density at radius 3 is 2.57 bits per heavy atom. The second-order valence-electron chi connectivity index (χ2n) is 6.47. The fourth-order valence-electron chi connectivity index (χ4n) is 2.84. The zero-order valence-corrected chi connectivity index (χ0v) is 15.0. The van der Waals surface area contributed by atoms with Gasteiger partial charge in [0, 0.05) is 37.7 Å². The van der Waals surface area contributed by atoms with Crippen LogP contribution in [0.2, 0.25) is 0 Å². The molecule has 148 valence electrons. The molecule has 2 aromatic rings. The number of carboxylic acid groups (broad SMARTS) is 1. The van der Waals surface area contributed by atoms with E-state index in [1.54, 1.807) is 36.4 Å². The van der Waals surface area contributed by atoms with Gasteiger partial charge in [0.1, 0.15) is 5.75 Å². The van der Waals surface area contributed by atoms with Crippen molar-refractivity contribution in [3.63, 3.8) is 0 Å². The molecule has 9 heteroatoms. The summed E-state index contributed by atoms with van der Waals surface area (Å²) in [6.07, 6.45) is 1.35. The van der Waals surface area contributed by atoms with Crippen LogP contribution in [0.3, 0.4) is 0 Å². The van der Waals surface area contributed by atoms with E-state index in [1.165, 1.54) is 11.2 Å². The summed E-state index contributed by atoms with van der Waals surface area (Å²) in [7, 11) is 0. The Balaban J connectivity index is 1.51. The number of likely N-dealkylation sites (tertiary alicyclic amines) is 1. The normalized spacial score (nSPS) is 15.7. The van der Waals surface area contributed by atoms with Gasteiger partial charge >= 0.3 is 5.97 Å². The number of benzene rings is 1. The maximum Gasteiger partial charge on any atom is 0.335 e. The number of hydrogen-bond donors (Lipinski definition) is 3. The van der Waals surface area contributed by atoms with Gasteiger partial charge in [-0.15, -0.1) is 0 Å². The van der Waals surface area contributed by atoms with Crippen LogP contribution in [0.15, 0.2) is 47.1 Å². The fraction of sp³-hybridized carbons (Fsp3) is 0.316. The van der Waals surface area contributed by atoms with Crippen molar-refractivity contribution in [2.75, 3.05) is 25.0 Å². The molecule has 0 atom stereocenters. The minimum absolute atomic E-state index is 0.0254. The summed E-state index contributed by atoms with van der Waals surface area (Å²) >= 11 is 0. The van der Waals surface area contributed by atoms with Crippen molar-refractivity contribution in [3.8, 4) is 5.75 Å². The summed E-state index contributed by atoms with van der Waals surface area (Å²) in [5, 5.41) is 21.6. The smallest absolute Gasteiger partial charge is 0.335 e. The second-order valence-corrected chi connectivity index (χ2v) is 6.47. The number of nitrogens with zero attached hydrogens (tertiary/aromatic N) is 1. The topological polar surface area (TPSA) is 129 Å². The first-order valence-corrected chi connectivity index (χ1v) is 8.69. The van der Waals surface area contributed by atoms with Gasteiger partial charge in [-0.05, 0) is 24.3 Å². The number of carbonyl (C=O) groups is 3. The third kappa shape index (κ3) is 4.49. The quantitative estimate of drug-likeness (QED) is 0.681. The van der Waals surface area contributed by atoms with Crippen LogP contribution in [0.25, 0.3) is 0 Å². The SMILES string of the molecule is O=C(Nc1cccc(OCC(=O)N2CCC(O)(C(=O)O)CC2)c1)c1ccco1. The van der Waals surface area contributed by atoms with Crippen LogP contribution in [-0.2, 0) is 9.59 Å². The molecule has 3 N–H and O–H groups in total.